The van der Waals surface area contributed by atoms with E-state index in [1.807, 2.05) is 0 Å². The molecule has 1 aliphatic carbocycles. The number of piperidine rings is 1. The van der Waals surface area contributed by atoms with Crippen LogP contribution in [0.15, 0.2) is 0 Å². The molecule has 2 heterocycles. The average Bonchev–Trinajstić information content (AvgIpc) is 2.95. The molecular formula is C11H17NO2. The third-order valence-corrected chi connectivity index (χ3v) is 4.11. The van der Waals surface area contributed by atoms with E-state index in [9.17, 15) is 4.79 Å². The lowest BCUT2D eigenvalue weighted by molar-refractivity contribution is -0.132. The van der Waals surface area contributed by atoms with Gasteiger partial charge in [0.2, 0.25) is 0 Å². The van der Waals surface area contributed by atoms with Gasteiger partial charge in [-0.3, -0.25) is 4.79 Å². The van der Waals surface area contributed by atoms with E-state index in [2.05, 4.69) is 5.32 Å². The van der Waals surface area contributed by atoms with Crippen molar-refractivity contribution in [1.82, 2.24) is 5.32 Å². The van der Waals surface area contributed by atoms with Crippen LogP contribution in [0.1, 0.15) is 38.5 Å². The van der Waals surface area contributed by atoms with E-state index in [1.165, 1.54) is 32.1 Å². The number of nitrogens with one attached hydrogen (secondary N) is 1. The lowest BCUT2D eigenvalue weighted by Gasteiger charge is -2.42. The van der Waals surface area contributed by atoms with Crippen molar-refractivity contribution in [3.63, 3.8) is 0 Å². The molecule has 1 unspecified atom stereocenters. The highest BCUT2D eigenvalue weighted by Gasteiger charge is 2.59. The zero-order valence-electron chi connectivity index (χ0n) is 8.47. The number of rotatable bonds is 0. The van der Waals surface area contributed by atoms with Crippen LogP contribution >= 0.6 is 0 Å². The molecule has 0 aromatic carbocycles. The summed E-state index contributed by atoms with van der Waals surface area (Å²) in [5, 5.41) is 3.03. The third-order valence-electron chi connectivity index (χ3n) is 4.11. The Kier molecular flexibility index (Phi) is 1.69. The molecule has 1 amide bonds. The molecule has 2 spiro atoms. The molecule has 0 bridgehead atoms. The van der Waals surface area contributed by atoms with Crippen molar-refractivity contribution in [3.8, 4) is 0 Å². The summed E-state index contributed by atoms with van der Waals surface area (Å²) in [5.74, 6) is 0.133. The van der Waals surface area contributed by atoms with E-state index in [-0.39, 0.29) is 5.91 Å². The third kappa shape index (κ3) is 1.18. The van der Waals surface area contributed by atoms with E-state index in [1.54, 1.807) is 0 Å². The average molecular weight is 195 g/mol. The standard InChI is InChI=1S/C11H17NO2/c13-9-11(8-14-11)6-10(7-12-9)4-2-1-3-5-10/h1-8H2,(H,12,13). The normalized spacial score (nSPS) is 39.9. The monoisotopic (exact) mass is 195 g/mol. The van der Waals surface area contributed by atoms with E-state index < -0.39 is 5.60 Å². The van der Waals surface area contributed by atoms with Gasteiger partial charge in [-0.2, -0.15) is 0 Å². The minimum atomic E-state index is -0.393. The van der Waals surface area contributed by atoms with E-state index in [4.69, 9.17) is 4.74 Å². The Labute approximate surface area is 84.2 Å². The Balaban J connectivity index is 1.79. The van der Waals surface area contributed by atoms with Gasteiger partial charge in [-0.05, 0) is 24.7 Å². The van der Waals surface area contributed by atoms with Crippen LogP contribution in [0.25, 0.3) is 0 Å². The lowest BCUT2D eigenvalue weighted by Crippen LogP contribution is -2.53. The van der Waals surface area contributed by atoms with Gasteiger partial charge in [-0.15, -0.1) is 0 Å². The summed E-state index contributed by atoms with van der Waals surface area (Å²) >= 11 is 0. The zero-order chi connectivity index (χ0) is 9.65. The first-order valence-electron chi connectivity index (χ1n) is 5.67. The van der Waals surface area contributed by atoms with Crippen LogP contribution in [0.3, 0.4) is 0 Å². The number of ether oxygens (including phenoxy) is 1. The number of amides is 1. The van der Waals surface area contributed by atoms with Crippen LogP contribution in [0.4, 0.5) is 0 Å². The quantitative estimate of drug-likeness (QED) is 0.591. The Bertz CT molecular complexity index is 264. The fourth-order valence-corrected chi connectivity index (χ4v) is 3.15. The van der Waals surface area contributed by atoms with Gasteiger partial charge in [-0.25, -0.2) is 0 Å². The second-order valence-electron chi connectivity index (χ2n) is 5.20. The van der Waals surface area contributed by atoms with Gasteiger partial charge < -0.3 is 10.1 Å². The molecule has 3 fully saturated rings. The molecule has 14 heavy (non-hydrogen) atoms. The topological polar surface area (TPSA) is 41.6 Å². The molecule has 3 heteroatoms. The van der Waals surface area contributed by atoms with E-state index in [0.717, 1.165) is 13.0 Å². The number of hydrogen-bond donors (Lipinski definition) is 1. The zero-order valence-corrected chi connectivity index (χ0v) is 8.47. The minimum absolute atomic E-state index is 0.133. The Hall–Kier alpha value is -0.570. The molecule has 3 rings (SSSR count). The minimum Gasteiger partial charge on any atom is -0.359 e. The maximum Gasteiger partial charge on any atom is 0.254 e. The number of hydrogen-bond acceptors (Lipinski definition) is 2. The fraction of sp³-hybridized carbons (Fsp3) is 0.909. The number of carbonyl (C=O) groups is 1. The van der Waals surface area contributed by atoms with Crippen molar-refractivity contribution >= 4 is 5.91 Å². The maximum atomic E-state index is 11.6. The SMILES string of the molecule is O=C1NCC2(CCCCC2)CC12CO2. The van der Waals surface area contributed by atoms with Crippen molar-refractivity contribution < 1.29 is 9.53 Å². The number of carbonyl (C=O) groups excluding carboxylic acids is 1. The molecule has 0 aromatic rings. The van der Waals surface area contributed by atoms with Crippen LogP contribution < -0.4 is 5.32 Å². The summed E-state index contributed by atoms with van der Waals surface area (Å²) in [5.41, 5.74) is -0.0156. The van der Waals surface area contributed by atoms with Crippen LogP contribution in [0.2, 0.25) is 0 Å². The predicted octanol–water partition coefficient (Wildman–Crippen LogP) is 1.23. The molecule has 1 N–H and O–H groups in total. The van der Waals surface area contributed by atoms with Crippen molar-refractivity contribution in [2.75, 3.05) is 13.2 Å². The summed E-state index contributed by atoms with van der Waals surface area (Å²) < 4.78 is 5.36. The Morgan fingerprint density at radius 2 is 1.93 bits per heavy atom. The van der Waals surface area contributed by atoms with Gasteiger partial charge in [0.15, 0.2) is 5.60 Å². The van der Waals surface area contributed by atoms with Crippen LogP contribution in [-0.2, 0) is 9.53 Å². The molecule has 3 nitrogen and oxygen atoms in total. The van der Waals surface area contributed by atoms with Gasteiger partial charge in [0.05, 0.1) is 6.61 Å². The molecule has 2 saturated heterocycles. The highest BCUT2D eigenvalue weighted by atomic mass is 16.6. The number of epoxide rings is 1. The maximum absolute atomic E-state index is 11.6. The smallest absolute Gasteiger partial charge is 0.254 e. The van der Waals surface area contributed by atoms with Gasteiger partial charge in [0.1, 0.15) is 0 Å². The van der Waals surface area contributed by atoms with Gasteiger partial charge in [-0.1, -0.05) is 19.3 Å². The second-order valence-corrected chi connectivity index (χ2v) is 5.20. The molecule has 0 radical (unpaired) electrons. The molecule has 3 aliphatic rings. The molecule has 2 aliphatic heterocycles. The first-order valence-corrected chi connectivity index (χ1v) is 5.67. The Morgan fingerprint density at radius 3 is 2.57 bits per heavy atom. The van der Waals surface area contributed by atoms with Crippen molar-refractivity contribution in [2.24, 2.45) is 5.41 Å². The first-order chi connectivity index (χ1) is 6.75. The highest BCUT2D eigenvalue weighted by Crippen LogP contribution is 2.49. The van der Waals surface area contributed by atoms with Crippen molar-refractivity contribution in [2.45, 2.75) is 44.1 Å². The van der Waals surface area contributed by atoms with Crippen molar-refractivity contribution in [1.29, 1.82) is 0 Å². The highest BCUT2D eigenvalue weighted by molar-refractivity contribution is 5.88. The van der Waals surface area contributed by atoms with Crippen LogP contribution in [0.5, 0.6) is 0 Å². The second kappa shape index (κ2) is 2.72. The van der Waals surface area contributed by atoms with Gasteiger partial charge in [0, 0.05) is 6.54 Å². The molecular weight excluding hydrogens is 178 g/mol. The summed E-state index contributed by atoms with van der Waals surface area (Å²) in [7, 11) is 0. The molecule has 0 aromatic heterocycles. The summed E-state index contributed by atoms with van der Waals surface area (Å²) in [6.45, 7) is 1.54. The van der Waals surface area contributed by atoms with Crippen molar-refractivity contribution in [3.05, 3.63) is 0 Å². The van der Waals surface area contributed by atoms with E-state index in [0.29, 0.717) is 12.0 Å². The molecule has 78 valence electrons. The fourth-order valence-electron chi connectivity index (χ4n) is 3.15. The lowest BCUT2D eigenvalue weighted by atomic mass is 9.67. The summed E-state index contributed by atoms with van der Waals surface area (Å²) in [4.78, 5) is 11.6. The molecule has 1 atom stereocenters. The first kappa shape index (κ1) is 8.72. The van der Waals surface area contributed by atoms with Gasteiger partial charge in [0.25, 0.3) is 5.91 Å². The summed E-state index contributed by atoms with van der Waals surface area (Å²) in [6.07, 6.45) is 7.55. The van der Waals surface area contributed by atoms with Crippen LogP contribution in [0, 0.1) is 5.41 Å². The van der Waals surface area contributed by atoms with E-state index >= 15 is 0 Å². The van der Waals surface area contributed by atoms with Gasteiger partial charge >= 0.3 is 0 Å². The molecule has 1 saturated carbocycles. The summed E-state index contributed by atoms with van der Waals surface area (Å²) in [6, 6.07) is 0. The predicted molar refractivity (Wildman–Crippen MR) is 51.8 cm³/mol. The van der Waals surface area contributed by atoms with Crippen LogP contribution in [-0.4, -0.2) is 24.7 Å². The Morgan fingerprint density at radius 1 is 1.21 bits per heavy atom. The largest absolute Gasteiger partial charge is 0.359 e.